The fourth-order valence-electron chi connectivity index (χ4n) is 5.29. The molecule has 1 aromatic rings. The molecule has 2 fully saturated rings. The standard InChI is InChI=1S/C22H27N3O5.Na/c1-12(26)16-18-14-9-6-10-15(17(14)19(21(28)29)25(18)20(16)27)24(2)22(30)23-11-13-7-4-3-5-8-13;/h3-5,7-8,12,14-16,18,26H,6,9-11H2,1-2H3,(H,23,30)(H,28,29);/q;+1/p-1/t12?,14-,15-,16+,18+;/m0./s1. The molecule has 31 heavy (non-hydrogen) atoms. The Bertz CT molecular complexity index is 904. The first-order valence-electron chi connectivity index (χ1n) is 10.3. The number of carboxylic acid groups (broad SMARTS) is 1. The summed E-state index contributed by atoms with van der Waals surface area (Å²) in [6.07, 6.45) is 1.29. The van der Waals surface area contributed by atoms with E-state index in [0.717, 1.165) is 18.4 Å². The monoisotopic (exact) mass is 435 g/mol. The summed E-state index contributed by atoms with van der Waals surface area (Å²) in [5, 5.41) is 24.9. The van der Waals surface area contributed by atoms with E-state index in [0.29, 0.717) is 18.5 Å². The molecule has 1 aliphatic carbocycles. The molecule has 0 radical (unpaired) electrons. The molecule has 8 nitrogen and oxygen atoms in total. The van der Waals surface area contributed by atoms with Crippen LogP contribution in [0, 0.1) is 11.8 Å². The predicted molar refractivity (Wildman–Crippen MR) is 105 cm³/mol. The number of aliphatic hydroxyl groups is 1. The smallest absolute Gasteiger partial charge is 0.543 e. The third kappa shape index (κ3) is 4.02. The fourth-order valence-corrected chi connectivity index (χ4v) is 5.29. The molecule has 0 bridgehead atoms. The van der Waals surface area contributed by atoms with Crippen molar-refractivity contribution in [3.8, 4) is 0 Å². The van der Waals surface area contributed by atoms with Crippen LogP contribution < -0.4 is 40.0 Å². The Balaban J connectivity index is 0.00000272. The zero-order valence-electron chi connectivity index (χ0n) is 18.1. The Hall–Kier alpha value is -1.87. The van der Waals surface area contributed by atoms with Gasteiger partial charge in [-0.1, -0.05) is 36.8 Å². The van der Waals surface area contributed by atoms with Crippen LogP contribution in [0.15, 0.2) is 41.6 Å². The van der Waals surface area contributed by atoms with Crippen molar-refractivity contribution in [3.63, 3.8) is 0 Å². The van der Waals surface area contributed by atoms with Crippen molar-refractivity contribution >= 4 is 17.9 Å². The van der Waals surface area contributed by atoms with Crippen molar-refractivity contribution in [2.45, 2.75) is 50.9 Å². The van der Waals surface area contributed by atoms with Gasteiger partial charge in [-0.2, -0.15) is 0 Å². The second kappa shape index (κ2) is 9.32. The van der Waals surface area contributed by atoms with Gasteiger partial charge in [0, 0.05) is 19.5 Å². The largest absolute Gasteiger partial charge is 1.00 e. The molecule has 3 aliphatic rings. The number of β-lactam (4-membered cyclic amide) rings is 1. The van der Waals surface area contributed by atoms with Crippen LogP contribution in [0.4, 0.5) is 4.79 Å². The van der Waals surface area contributed by atoms with Gasteiger partial charge in [-0.3, -0.25) is 4.79 Å². The molecular formula is C22H26N3NaO5. The third-order valence-corrected chi connectivity index (χ3v) is 6.65. The topological polar surface area (TPSA) is 113 Å². The normalized spacial score (nSPS) is 27.5. The molecule has 0 spiro atoms. The van der Waals surface area contributed by atoms with Gasteiger partial charge in [-0.25, -0.2) is 4.79 Å². The molecule has 3 amide bonds. The molecule has 2 aliphatic heterocycles. The van der Waals surface area contributed by atoms with E-state index in [4.69, 9.17) is 0 Å². The number of hydrogen-bond donors (Lipinski definition) is 2. The van der Waals surface area contributed by atoms with Crippen LogP contribution in [0.3, 0.4) is 0 Å². The van der Waals surface area contributed by atoms with Gasteiger partial charge in [0.2, 0.25) is 5.91 Å². The molecule has 2 N–H and O–H groups in total. The van der Waals surface area contributed by atoms with Crippen LogP contribution in [0.25, 0.3) is 0 Å². The summed E-state index contributed by atoms with van der Waals surface area (Å²) in [6.45, 7) is 1.92. The number of rotatable bonds is 5. The quantitative estimate of drug-likeness (QED) is 0.384. The number of carboxylic acids is 1. The maximum atomic E-state index is 12.8. The van der Waals surface area contributed by atoms with Gasteiger partial charge >= 0.3 is 35.6 Å². The van der Waals surface area contributed by atoms with Crippen molar-refractivity contribution in [2.75, 3.05) is 7.05 Å². The van der Waals surface area contributed by atoms with Crippen LogP contribution in [0.5, 0.6) is 0 Å². The summed E-state index contributed by atoms with van der Waals surface area (Å²) in [6, 6.07) is 8.42. The van der Waals surface area contributed by atoms with Crippen LogP contribution >= 0.6 is 0 Å². The minimum Gasteiger partial charge on any atom is -0.543 e. The summed E-state index contributed by atoms with van der Waals surface area (Å²) in [4.78, 5) is 40.1. The first-order chi connectivity index (χ1) is 14.3. The van der Waals surface area contributed by atoms with Crippen LogP contribution in [-0.2, 0) is 16.1 Å². The number of likely N-dealkylation sites (N-methyl/N-ethyl adjacent to an activating group) is 1. The SMILES string of the molecule is CC(O)[C@H]1C(=O)N2C(C(=O)[O-])=C3[C@H](CCC[C@@H]3N(C)C(=O)NCc3ccccc3)[C@H]12.[Na+]. The summed E-state index contributed by atoms with van der Waals surface area (Å²) >= 11 is 0. The van der Waals surface area contributed by atoms with E-state index in [-0.39, 0.29) is 59.2 Å². The molecule has 160 valence electrons. The minimum atomic E-state index is -1.40. The summed E-state index contributed by atoms with van der Waals surface area (Å²) in [7, 11) is 1.65. The molecule has 5 atom stereocenters. The summed E-state index contributed by atoms with van der Waals surface area (Å²) < 4.78 is 0. The number of fused-ring (bicyclic) bond motifs is 3. The fraction of sp³-hybridized carbons (Fsp3) is 0.500. The first-order valence-corrected chi connectivity index (χ1v) is 10.3. The maximum absolute atomic E-state index is 12.8. The van der Waals surface area contributed by atoms with Crippen molar-refractivity contribution in [1.82, 2.24) is 15.1 Å². The van der Waals surface area contributed by atoms with Crippen molar-refractivity contribution < 1.29 is 54.2 Å². The average molecular weight is 435 g/mol. The number of benzene rings is 1. The molecule has 0 aromatic heterocycles. The van der Waals surface area contributed by atoms with E-state index >= 15 is 0 Å². The minimum absolute atomic E-state index is 0. The number of aliphatic carboxylic acids is 1. The number of nitrogens with zero attached hydrogens (tertiary/aromatic N) is 2. The van der Waals surface area contributed by atoms with Gasteiger partial charge in [0.1, 0.15) is 0 Å². The van der Waals surface area contributed by atoms with Gasteiger partial charge in [-0.15, -0.1) is 0 Å². The third-order valence-electron chi connectivity index (χ3n) is 6.65. The zero-order chi connectivity index (χ0) is 21.6. The van der Waals surface area contributed by atoms with Crippen LogP contribution in [0.2, 0.25) is 0 Å². The maximum Gasteiger partial charge on any atom is 1.00 e. The molecule has 1 unspecified atom stereocenters. The van der Waals surface area contributed by atoms with Gasteiger partial charge in [-0.05, 0) is 30.9 Å². The molecule has 2 heterocycles. The predicted octanol–water partition coefficient (Wildman–Crippen LogP) is -2.77. The van der Waals surface area contributed by atoms with E-state index in [1.165, 1.54) is 9.80 Å². The second-order valence-electron chi connectivity index (χ2n) is 8.37. The van der Waals surface area contributed by atoms with Crippen molar-refractivity contribution in [3.05, 3.63) is 47.2 Å². The number of hydrogen-bond acceptors (Lipinski definition) is 5. The number of carbonyl (C=O) groups excluding carboxylic acids is 3. The van der Waals surface area contributed by atoms with E-state index in [1.807, 2.05) is 30.3 Å². The molecule has 1 saturated heterocycles. The van der Waals surface area contributed by atoms with Gasteiger partial charge < -0.3 is 30.1 Å². The van der Waals surface area contributed by atoms with Gasteiger partial charge in [0.15, 0.2) is 0 Å². The van der Waals surface area contributed by atoms with E-state index in [2.05, 4.69) is 5.32 Å². The molecule has 1 aromatic carbocycles. The molecule has 4 rings (SSSR count). The molecule has 1 saturated carbocycles. The first kappa shape index (κ1) is 23.8. The van der Waals surface area contributed by atoms with E-state index < -0.39 is 24.0 Å². The Morgan fingerprint density at radius 2 is 1.97 bits per heavy atom. The van der Waals surface area contributed by atoms with Crippen LogP contribution in [-0.4, -0.2) is 58.0 Å². The Labute approximate surface area is 203 Å². The van der Waals surface area contributed by atoms with Gasteiger partial charge in [0.25, 0.3) is 0 Å². The number of aliphatic hydroxyl groups excluding tert-OH is 1. The Morgan fingerprint density at radius 3 is 2.58 bits per heavy atom. The van der Waals surface area contributed by atoms with Crippen molar-refractivity contribution in [1.29, 1.82) is 0 Å². The molecular weight excluding hydrogens is 409 g/mol. The number of carbonyl (C=O) groups is 3. The second-order valence-corrected chi connectivity index (χ2v) is 8.37. The zero-order valence-corrected chi connectivity index (χ0v) is 20.1. The Morgan fingerprint density at radius 1 is 1.29 bits per heavy atom. The number of urea groups is 1. The average Bonchev–Trinajstić information content (AvgIpc) is 3.02. The van der Waals surface area contributed by atoms with E-state index in [1.54, 1.807) is 14.0 Å². The van der Waals surface area contributed by atoms with E-state index in [9.17, 15) is 24.6 Å². The van der Waals surface area contributed by atoms with Crippen molar-refractivity contribution in [2.24, 2.45) is 11.8 Å². The summed E-state index contributed by atoms with van der Waals surface area (Å²) in [5.41, 5.74) is 1.44. The number of nitrogens with one attached hydrogen (secondary N) is 1. The molecule has 9 heteroatoms. The Kier molecular flexibility index (Phi) is 7.15. The van der Waals surface area contributed by atoms with Gasteiger partial charge in [0.05, 0.1) is 35.8 Å². The number of amides is 3. The summed E-state index contributed by atoms with van der Waals surface area (Å²) in [5.74, 6) is -2.58. The van der Waals surface area contributed by atoms with Crippen LogP contribution in [0.1, 0.15) is 31.7 Å².